The molecule has 0 radical (unpaired) electrons. The summed E-state index contributed by atoms with van der Waals surface area (Å²) in [5.41, 5.74) is 0. The van der Waals surface area contributed by atoms with Gasteiger partial charge in [0, 0.05) is 0 Å². The van der Waals surface area contributed by atoms with E-state index in [-0.39, 0.29) is 0 Å². The molecule has 1 rings (SSSR count). The minimum absolute atomic E-state index is 1.09. The van der Waals surface area contributed by atoms with Crippen LogP contribution in [0, 0.1) is 0 Å². The Kier molecular flexibility index (Phi) is 9.24. The summed E-state index contributed by atoms with van der Waals surface area (Å²) in [6, 6.07) is 0. The number of rotatable bonds is 10. The first-order valence-corrected chi connectivity index (χ1v) is 17.0. The Hall–Kier alpha value is 0.909. The van der Waals surface area contributed by atoms with Gasteiger partial charge in [-0.3, -0.25) is 0 Å². The van der Waals surface area contributed by atoms with Crippen LogP contribution in [0.5, 0.6) is 0 Å². The van der Waals surface area contributed by atoms with Gasteiger partial charge in [-0.05, 0) is 0 Å². The van der Waals surface area contributed by atoms with Gasteiger partial charge in [0.2, 0.25) is 0 Å². The van der Waals surface area contributed by atoms with E-state index in [4.69, 9.17) is 4.98 Å². The van der Waals surface area contributed by atoms with Crippen molar-refractivity contribution in [1.29, 1.82) is 0 Å². The zero-order valence-corrected chi connectivity index (χ0v) is 17.9. The summed E-state index contributed by atoms with van der Waals surface area (Å²) in [6.45, 7) is 6.98. The Labute approximate surface area is 135 Å². The van der Waals surface area contributed by atoms with E-state index in [1.165, 1.54) is 51.8 Å². The molecule has 110 valence electrons. The molecule has 0 saturated heterocycles. The molecule has 1 nitrogen and oxygen atoms in total. The molecule has 1 aromatic heterocycles. The van der Waals surface area contributed by atoms with Gasteiger partial charge in [-0.1, -0.05) is 0 Å². The van der Waals surface area contributed by atoms with E-state index in [0.29, 0.717) is 0 Å². The third-order valence-electron chi connectivity index (χ3n) is 4.05. The van der Waals surface area contributed by atoms with Crippen LogP contribution in [-0.4, -0.2) is 23.4 Å². The molecule has 1 aromatic rings. The van der Waals surface area contributed by atoms with Gasteiger partial charge in [0.1, 0.15) is 0 Å². The van der Waals surface area contributed by atoms with Crippen molar-refractivity contribution < 1.29 is 0 Å². The fourth-order valence-electron chi connectivity index (χ4n) is 2.80. The van der Waals surface area contributed by atoms with Crippen LogP contribution in [0.25, 0.3) is 0 Å². The van der Waals surface area contributed by atoms with Crippen LogP contribution in [0.3, 0.4) is 0 Å². The Bertz CT molecular complexity index is 332. The SMILES string of the molecule is CCC[CH2][Sn]([CH2]CCC)([CH2]CCC)[c]1csc(Br)n1. The Balaban J connectivity index is 2.93. The van der Waals surface area contributed by atoms with E-state index in [9.17, 15) is 0 Å². The van der Waals surface area contributed by atoms with Gasteiger partial charge in [-0.15, -0.1) is 0 Å². The maximum absolute atomic E-state index is 4.87. The standard InChI is InChI=1S/3C4H9.C3HBrNS.Sn/c3*1-3-4-2;4-3-5-1-2-6-3;/h3*1,3-4H2,2H3;2H;. The molecular weight excluding hydrogens is 425 g/mol. The van der Waals surface area contributed by atoms with Crippen LogP contribution in [0.4, 0.5) is 0 Å². The fraction of sp³-hybridized carbons (Fsp3) is 0.800. The quantitative estimate of drug-likeness (QED) is 0.399. The second-order valence-corrected chi connectivity index (χ2v) is 20.8. The van der Waals surface area contributed by atoms with E-state index >= 15 is 0 Å². The predicted octanol–water partition coefficient (Wildman–Crippen LogP) is 5.96. The maximum atomic E-state index is 4.87. The summed E-state index contributed by atoms with van der Waals surface area (Å²) in [5.74, 6) is 0. The molecule has 0 amide bonds. The van der Waals surface area contributed by atoms with Gasteiger partial charge in [0.25, 0.3) is 0 Å². The molecule has 0 unspecified atom stereocenters. The van der Waals surface area contributed by atoms with Crippen molar-refractivity contribution in [3.05, 3.63) is 9.30 Å². The number of aromatic nitrogens is 1. The number of unbranched alkanes of at least 4 members (excludes halogenated alkanes) is 3. The first-order chi connectivity index (χ1) is 9.18. The van der Waals surface area contributed by atoms with E-state index in [0.717, 1.165) is 3.92 Å². The summed E-state index contributed by atoms with van der Waals surface area (Å²) >= 11 is 3.15. The van der Waals surface area contributed by atoms with E-state index in [1.54, 1.807) is 15.0 Å². The summed E-state index contributed by atoms with van der Waals surface area (Å²) in [5, 5.41) is 2.38. The predicted molar refractivity (Wildman–Crippen MR) is 94.3 cm³/mol. The van der Waals surface area contributed by atoms with Crippen molar-refractivity contribution in [2.45, 2.75) is 72.6 Å². The van der Waals surface area contributed by atoms with Crippen molar-refractivity contribution in [3.63, 3.8) is 0 Å². The molecule has 0 aromatic carbocycles. The molecule has 1 heterocycles. The second-order valence-electron chi connectivity index (χ2n) is 5.58. The van der Waals surface area contributed by atoms with Gasteiger partial charge >= 0.3 is 136 Å². The van der Waals surface area contributed by atoms with Crippen LogP contribution >= 0.6 is 27.3 Å². The van der Waals surface area contributed by atoms with Crippen LogP contribution in [0.2, 0.25) is 13.3 Å². The number of hydrogen-bond donors (Lipinski definition) is 0. The molecule has 0 spiro atoms. The van der Waals surface area contributed by atoms with Gasteiger partial charge in [-0.2, -0.15) is 0 Å². The number of hydrogen-bond acceptors (Lipinski definition) is 2. The zero-order chi connectivity index (χ0) is 14.1. The van der Waals surface area contributed by atoms with Crippen LogP contribution in [0.15, 0.2) is 9.30 Å². The minimum atomic E-state index is -2.21. The zero-order valence-electron chi connectivity index (χ0n) is 12.7. The number of halogens is 1. The van der Waals surface area contributed by atoms with E-state index < -0.39 is 18.4 Å². The molecule has 19 heavy (non-hydrogen) atoms. The third-order valence-corrected chi connectivity index (χ3v) is 21.1. The molecule has 0 saturated carbocycles. The van der Waals surface area contributed by atoms with Crippen LogP contribution in [-0.2, 0) is 0 Å². The molecule has 0 bridgehead atoms. The Morgan fingerprint density at radius 3 is 1.79 bits per heavy atom. The molecule has 0 aliphatic carbocycles. The second kappa shape index (κ2) is 9.77. The summed E-state index contributed by atoms with van der Waals surface area (Å²) in [7, 11) is 0. The molecular formula is C15H28BrNSSn. The first-order valence-electron chi connectivity index (χ1n) is 7.80. The van der Waals surface area contributed by atoms with Gasteiger partial charge in [0.15, 0.2) is 0 Å². The molecule has 0 N–H and O–H groups in total. The third kappa shape index (κ3) is 5.66. The van der Waals surface area contributed by atoms with Crippen molar-refractivity contribution in [2.75, 3.05) is 0 Å². The van der Waals surface area contributed by atoms with E-state index in [1.807, 2.05) is 0 Å². The van der Waals surface area contributed by atoms with Gasteiger partial charge < -0.3 is 0 Å². The molecule has 0 atom stereocenters. The molecule has 0 aliphatic heterocycles. The number of nitrogens with zero attached hydrogens (tertiary/aromatic N) is 1. The van der Waals surface area contributed by atoms with Crippen molar-refractivity contribution in [3.8, 4) is 0 Å². The number of thiazole rings is 1. The summed E-state index contributed by atoms with van der Waals surface area (Å²) in [4.78, 5) is 4.87. The normalized spacial score (nSPS) is 12.0. The van der Waals surface area contributed by atoms with Gasteiger partial charge in [0.05, 0.1) is 0 Å². The topological polar surface area (TPSA) is 12.9 Å². The van der Waals surface area contributed by atoms with Gasteiger partial charge in [-0.25, -0.2) is 0 Å². The fourth-order valence-corrected chi connectivity index (χ4v) is 21.4. The monoisotopic (exact) mass is 453 g/mol. The van der Waals surface area contributed by atoms with Crippen molar-refractivity contribution in [2.24, 2.45) is 0 Å². The Morgan fingerprint density at radius 1 is 1.00 bits per heavy atom. The molecule has 4 heteroatoms. The molecule has 0 fully saturated rings. The Morgan fingerprint density at radius 2 is 1.47 bits per heavy atom. The van der Waals surface area contributed by atoms with E-state index in [2.05, 4.69) is 42.1 Å². The average molecular weight is 453 g/mol. The van der Waals surface area contributed by atoms with Crippen LogP contribution in [0.1, 0.15) is 59.3 Å². The molecule has 0 aliphatic rings. The summed E-state index contributed by atoms with van der Waals surface area (Å²) in [6.07, 6.45) is 8.25. The van der Waals surface area contributed by atoms with Crippen LogP contribution < -0.4 is 3.71 Å². The average Bonchev–Trinajstić information content (AvgIpc) is 2.85. The summed E-state index contributed by atoms with van der Waals surface area (Å²) < 4.78 is 7.19. The first kappa shape index (κ1) is 18.0. The van der Waals surface area contributed by atoms with Crippen molar-refractivity contribution >= 4 is 49.4 Å². The van der Waals surface area contributed by atoms with Crippen molar-refractivity contribution in [1.82, 2.24) is 4.98 Å².